The van der Waals surface area contributed by atoms with E-state index in [0.717, 1.165) is 30.3 Å². The number of rotatable bonds is 11. The lowest BCUT2D eigenvalue weighted by molar-refractivity contribution is -0.535. The van der Waals surface area contributed by atoms with Crippen molar-refractivity contribution in [3.63, 3.8) is 0 Å². The number of non-ortho nitro benzene ring substituents is 1. The lowest BCUT2D eigenvalue weighted by atomic mass is 10.1. The van der Waals surface area contributed by atoms with E-state index in [4.69, 9.17) is 4.42 Å². The number of nitrogens with one attached hydrogen (secondary N) is 1. The van der Waals surface area contributed by atoms with Crippen molar-refractivity contribution in [1.82, 2.24) is 0 Å². The largest absolute Gasteiger partial charge is 0.527 e. The minimum Gasteiger partial charge on any atom is -0.451 e. The van der Waals surface area contributed by atoms with Gasteiger partial charge in [0, 0.05) is 28.9 Å². The number of hydrogen-bond acceptors (Lipinski definition) is 6. The van der Waals surface area contributed by atoms with Gasteiger partial charge in [-0.1, -0.05) is 24.3 Å². The van der Waals surface area contributed by atoms with Crippen molar-refractivity contribution < 1.29 is 80.7 Å². The molecule has 0 saturated carbocycles. The molecule has 1 aromatic heterocycles. The molecule has 1 amide bonds. The average molecular weight is 658 g/mol. The van der Waals surface area contributed by atoms with Gasteiger partial charge in [0.05, 0.1) is 4.92 Å². The first-order valence-electron chi connectivity index (χ1n) is 11.0. The first-order valence-corrected chi connectivity index (χ1v) is 11.0. The van der Waals surface area contributed by atoms with Crippen molar-refractivity contribution >= 4 is 17.3 Å². The number of nitro benzene ring substituents is 1. The SMILES string of the molecule is O=C(Nc1cccc(C(F)(F)C(F)(F)OC(F)(F)C(F)(F)C(F)(F)OC(F)(F)F)c1)c1ccc(-c2cccc([N+](=O)[O-])c2)o1. The third-order valence-corrected chi connectivity index (χ3v) is 5.25. The number of furan rings is 1. The molecule has 240 valence electrons. The van der Waals surface area contributed by atoms with E-state index >= 15 is 0 Å². The topological polar surface area (TPSA) is 104 Å². The zero-order valence-electron chi connectivity index (χ0n) is 20.6. The third-order valence-electron chi connectivity index (χ3n) is 5.25. The van der Waals surface area contributed by atoms with Crippen molar-refractivity contribution in [2.75, 3.05) is 5.32 Å². The van der Waals surface area contributed by atoms with Gasteiger partial charge in [-0.3, -0.25) is 14.9 Å². The summed E-state index contributed by atoms with van der Waals surface area (Å²) in [4.78, 5) is 22.6. The van der Waals surface area contributed by atoms with Gasteiger partial charge >= 0.3 is 36.5 Å². The van der Waals surface area contributed by atoms with Crippen LogP contribution in [0.2, 0.25) is 0 Å². The highest BCUT2D eigenvalue weighted by Gasteiger charge is 2.80. The molecule has 0 radical (unpaired) electrons. The van der Waals surface area contributed by atoms with Crippen LogP contribution in [0.4, 0.5) is 68.5 Å². The number of halogens is 13. The van der Waals surface area contributed by atoms with Crippen LogP contribution in [0.1, 0.15) is 16.1 Å². The highest BCUT2D eigenvalue weighted by atomic mass is 19.4. The van der Waals surface area contributed by atoms with E-state index in [9.17, 15) is 72.0 Å². The molecule has 0 aliphatic rings. The zero-order chi connectivity index (χ0) is 33.5. The molecule has 0 bridgehead atoms. The van der Waals surface area contributed by atoms with E-state index in [1.165, 1.54) is 12.1 Å². The van der Waals surface area contributed by atoms with Crippen LogP contribution in [0.15, 0.2) is 65.1 Å². The highest BCUT2D eigenvalue weighted by Crippen LogP contribution is 2.54. The van der Waals surface area contributed by atoms with Crippen LogP contribution < -0.4 is 5.32 Å². The van der Waals surface area contributed by atoms with Gasteiger partial charge in [-0.2, -0.15) is 43.9 Å². The fraction of sp³-hybridized carbons (Fsp3) is 0.261. The molecule has 0 aliphatic carbocycles. The summed E-state index contributed by atoms with van der Waals surface area (Å²) in [5.41, 5.74) is -3.05. The molecule has 0 unspecified atom stereocenters. The number of alkyl halides is 13. The number of nitrogens with zero attached hydrogens (tertiary/aromatic N) is 1. The summed E-state index contributed by atoms with van der Waals surface area (Å²) in [7, 11) is 0. The van der Waals surface area contributed by atoms with Crippen LogP contribution in [0.3, 0.4) is 0 Å². The standard InChI is InChI=1S/C23H11F13N2O6/c24-18(25,20(28,29)43-21(30,31)19(26,27)22(32,33)44-23(34,35)36)12-4-2-5-13(10-12)37-17(39)16-8-7-15(42-16)11-3-1-6-14(9-11)38(40)41/h1-10H,(H,37,39). The number of ether oxygens (including phenoxy) is 2. The van der Waals surface area contributed by atoms with E-state index in [-0.39, 0.29) is 29.1 Å². The molecule has 0 fully saturated rings. The Morgan fingerprint density at radius 1 is 0.750 bits per heavy atom. The maximum absolute atomic E-state index is 14.5. The predicted octanol–water partition coefficient (Wildman–Crippen LogP) is 8.17. The monoisotopic (exact) mass is 658 g/mol. The number of carbonyl (C=O) groups excluding carboxylic acids is 1. The Balaban J connectivity index is 1.82. The maximum atomic E-state index is 14.5. The van der Waals surface area contributed by atoms with Crippen LogP contribution in [-0.4, -0.2) is 41.4 Å². The Labute approximate surface area is 234 Å². The molecule has 0 aliphatic heterocycles. The van der Waals surface area contributed by atoms with Gasteiger partial charge in [0.2, 0.25) is 0 Å². The second-order valence-corrected chi connectivity index (χ2v) is 8.36. The van der Waals surface area contributed by atoms with E-state index in [0.29, 0.717) is 6.07 Å². The quantitative estimate of drug-likeness (QED) is 0.127. The number of carbonyl (C=O) groups is 1. The van der Waals surface area contributed by atoms with E-state index in [2.05, 4.69) is 0 Å². The van der Waals surface area contributed by atoms with Crippen LogP contribution in [0, 0.1) is 10.1 Å². The first kappa shape index (κ1) is 34.1. The molecule has 8 nitrogen and oxygen atoms in total. The van der Waals surface area contributed by atoms with E-state index in [1.54, 1.807) is 4.74 Å². The fourth-order valence-electron chi connectivity index (χ4n) is 3.21. The van der Waals surface area contributed by atoms with Gasteiger partial charge in [0.25, 0.3) is 11.6 Å². The minimum atomic E-state index is -7.57. The molecule has 0 saturated heterocycles. The van der Waals surface area contributed by atoms with Gasteiger partial charge in [-0.05, 0) is 24.3 Å². The summed E-state index contributed by atoms with van der Waals surface area (Å²) in [6.45, 7) is 0. The predicted molar refractivity (Wildman–Crippen MR) is 117 cm³/mol. The molecule has 44 heavy (non-hydrogen) atoms. The normalized spacial score (nSPS) is 13.6. The fourth-order valence-corrected chi connectivity index (χ4v) is 3.21. The van der Waals surface area contributed by atoms with Crippen molar-refractivity contribution in [3.05, 3.63) is 82.1 Å². The molecule has 2 aromatic carbocycles. The third kappa shape index (κ3) is 6.87. The Bertz CT molecular complexity index is 1540. The lowest BCUT2D eigenvalue weighted by Crippen LogP contribution is -2.61. The Morgan fingerprint density at radius 3 is 1.93 bits per heavy atom. The van der Waals surface area contributed by atoms with Crippen molar-refractivity contribution in [1.29, 1.82) is 0 Å². The summed E-state index contributed by atoms with van der Waals surface area (Å²) in [5, 5.41) is 12.8. The van der Waals surface area contributed by atoms with Crippen LogP contribution in [-0.2, 0) is 15.4 Å². The second kappa shape index (κ2) is 11.3. The van der Waals surface area contributed by atoms with Crippen LogP contribution >= 0.6 is 0 Å². The molecule has 3 aromatic rings. The van der Waals surface area contributed by atoms with Crippen molar-refractivity contribution in [2.24, 2.45) is 0 Å². The van der Waals surface area contributed by atoms with E-state index < -0.39 is 64.4 Å². The molecule has 1 N–H and O–H groups in total. The highest BCUT2D eigenvalue weighted by molar-refractivity contribution is 6.02. The number of hydrogen-bond donors (Lipinski definition) is 1. The molecular weight excluding hydrogens is 647 g/mol. The minimum absolute atomic E-state index is 0.00275. The molecule has 0 spiro atoms. The van der Waals surface area contributed by atoms with E-state index in [1.807, 2.05) is 10.1 Å². The summed E-state index contributed by atoms with van der Waals surface area (Å²) >= 11 is 0. The molecule has 3 rings (SSSR count). The lowest BCUT2D eigenvalue weighted by Gasteiger charge is -2.35. The molecule has 0 atom stereocenters. The Hall–Kier alpha value is -4.40. The van der Waals surface area contributed by atoms with Gasteiger partial charge < -0.3 is 9.73 Å². The van der Waals surface area contributed by atoms with Crippen LogP contribution in [0.25, 0.3) is 11.3 Å². The zero-order valence-corrected chi connectivity index (χ0v) is 20.6. The maximum Gasteiger partial charge on any atom is 0.527 e. The average Bonchev–Trinajstić information content (AvgIpc) is 3.37. The van der Waals surface area contributed by atoms with Gasteiger partial charge in [-0.25, -0.2) is 9.47 Å². The van der Waals surface area contributed by atoms with Gasteiger partial charge in [0.15, 0.2) is 5.76 Å². The number of amides is 1. The van der Waals surface area contributed by atoms with Crippen molar-refractivity contribution in [3.8, 4) is 11.3 Å². The first-order chi connectivity index (χ1) is 19.9. The molecule has 21 heteroatoms. The summed E-state index contributed by atoms with van der Waals surface area (Å²) in [6.07, 6.45) is -28.2. The number of anilines is 1. The van der Waals surface area contributed by atoms with Gasteiger partial charge in [0.1, 0.15) is 5.76 Å². The Morgan fingerprint density at radius 2 is 1.34 bits per heavy atom. The Kier molecular flexibility index (Phi) is 8.73. The smallest absolute Gasteiger partial charge is 0.451 e. The molecule has 1 heterocycles. The van der Waals surface area contributed by atoms with Crippen molar-refractivity contribution in [2.45, 2.75) is 36.5 Å². The summed E-state index contributed by atoms with van der Waals surface area (Å²) in [5.74, 6) is -15.6. The molecular formula is C23H11F13N2O6. The summed E-state index contributed by atoms with van der Waals surface area (Å²) < 4.78 is 182. The van der Waals surface area contributed by atoms with Gasteiger partial charge in [-0.15, -0.1) is 13.2 Å². The summed E-state index contributed by atoms with van der Waals surface area (Å²) in [6, 6.07) is 8.38. The second-order valence-electron chi connectivity index (χ2n) is 8.36. The number of benzene rings is 2. The number of nitro groups is 1. The van der Waals surface area contributed by atoms with Crippen LogP contribution in [0.5, 0.6) is 0 Å².